The number of rotatable bonds is 7. The zero-order chi connectivity index (χ0) is 20.1. The molecular weight excluding hydrogens is 363 g/mol. The van der Waals surface area contributed by atoms with E-state index in [9.17, 15) is 14.5 Å². The number of aromatic nitrogens is 2. The van der Waals surface area contributed by atoms with Gasteiger partial charge in [0.2, 0.25) is 11.8 Å². The number of hydrogen-bond acceptors (Lipinski definition) is 7. The van der Waals surface area contributed by atoms with Crippen LogP contribution >= 0.6 is 0 Å². The highest BCUT2D eigenvalue weighted by atomic mass is 19.1. The summed E-state index contributed by atoms with van der Waals surface area (Å²) in [7, 11) is 0. The molecule has 150 valence electrons. The van der Waals surface area contributed by atoms with Crippen LogP contribution in [-0.4, -0.2) is 27.5 Å². The molecule has 0 bridgehead atoms. The molecule has 0 aliphatic heterocycles. The summed E-state index contributed by atoms with van der Waals surface area (Å²) in [6.45, 7) is 0.385. The van der Waals surface area contributed by atoms with Gasteiger partial charge in [-0.05, 0) is 56.1 Å². The normalized spacial score (nSPS) is 19.4. The van der Waals surface area contributed by atoms with Gasteiger partial charge in [-0.25, -0.2) is 9.37 Å². The molecule has 28 heavy (non-hydrogen) atoms. The van der Waals surface area contributed by atoms with Crippen molar-refractivity contribution in [2.45, 2.75) is 44.6 Å². The van der Waals surface area contributed by atoms with Crippen molar-refractivity contribution in [1.29, 1.82) is 0 Å². The van der Waals surface area contributed by atoms with Gasteiger partial charge < -0.3 is 16.8 Å². The molecule has 0 radical (unpaired) electrons. The third-order valence-electron chi connectivity index (χ3n) is 5.17. The van der Waals surface area contributed by atoms with Crippen LogP contribution in [0.5, 0.6) is 0 Å². The highest BCUT2D eigenvalue weighted by molar-refractivity contribution is 5.58. The van der Waals surface area contributed by atoms with Crippen molar-refractivity contribution in [3.8, 4) is 0 Å². The van der Waals surface area contributed by atoms with E-state index in [-0.39, 0.29) is 29.3 Å². The molecule has 5 N–H and O–H groups in total. The van der Waals surface area contributed by atoms with Crippen LogP contribution in [0.4, 0.5) is 21.8 Å². The summed E-state index contributed by atoms with van der Waals surface area (Å²) in [5, 5.41) is 14.4. The Bertz CT molecular complexity index is 839. The molecule has 0 amide bonds. The lowest BCUT2D eigenvalue weighted by molar-refractivity contribution is -0.385. The van der Waals surface area contributed by atoms with Gasteiger partial charge >= 0.3 is 5.69 Å². The lowest BCUT2D eigenvalue weighted by atomic mass is 9.83. The Labute approximate surface area is 162 Å². The van der Waals surface area contributed by atoms with Gasteiger partial charge in [0.25, 0.3) is 0 Å². The maximum absolute atomic E-state index is 13.7. The SMILES string of the molecule is Nc1nc(NCCc2ccccc2F)nc(C[C@H]2CC[C@H](N)CC2)c1[N+](=O)[O-]. The van der Waals surface area contributed by atoms with Gasteiger partial charge in [-0.2, -0.15) is 4.98 Å². The largest absolute Gasteiger partial charge is 0.378 e. The summed E-state index contributed by atoms with van der Waals surface area (Å²) in [6, 6.07) is 6.73. The van der Waals surface area contributed by atoms with E-state index < -0.39 is 4.92 Å². The van der Waals surface area contributed by atoms with Gasteiger partial charge in [-0.1, -0.05) is 18.2 Å². The molecule has 2 aromatic rings. The number of nitrogens with zero attached hydrogens (tertiary/aromatic N) is 3. The van der Waals surface area contributed by atoms with Gasteiger partial charge in [0.05, 0.1) is 4.92 Å². The second-order valence-corrected chi connectivity index (χ2v) is 7.24. The second-order valence-electron chi connectivity index (χ2n) is 7.24. The fourth-order valence-electron chi connectivity index (χ4n) is 3.62. The average molecular weight is 388 g/mol. The van der Waals surface area contributed by atoms with E-state index in [4.69, 9.17) is 11.5 Å². The van der Waals surface area contributed by atoms with Crippen molar-refractivity contribution < 1.29 is 9.31 Å². The maximum atomic E-state index is 13.7. The number of nitrogen functional groups attached to an aromatic ring is 1. The van der Waals surface area contributed by atoms with Gasteiger partial charge in [0.15, 0.2) is 0 Å². The summed E-state index contributed by atoms with van der Waals surface area (Å²) < 4.78 is 13.7. The average Bonchev–Trinajstić information content (AvgIpc) is 2.64. The molecular formula is C19H25FN6O2. The Morgan fingerprint density at radius 3 is 2.61 bits per heavy atom. The molecule has 0 unspecified atom stereocenters. The highest BCUT2D eigenvalue weighted by Crippen LogP contribution is 2.31. The first kappa shape index (κ1) is 19.9. The molecule has 8 nitrogen and oxygen atoms in total. The predicted molar refractivity (Wildman–Crippen MR) is 105 cm³/mol. The Balaban J connectivity index is 1.72. The van der Waals surface area contributed by atoms with Crippen molar-refractivity contribution >= 4 is 17.5 Å². The minimum atomic E-state index is -0.525. The van der Waals surface area contributed by atoms with E-state index in [1.165, 1.54) is 6.07 Å². The quantitative estimate of drug-likeness (QED) is 0.490. The predicted octanol–water partition coefficient (Wildman–Crippen LogP) is 2.82. The number of nitrogens with one attached hydrogen (secondary N) is 1. The van der Waals surface area contributed by atoms with Crippen molar-refractivity contribution in [3.63, 3.8) is 0 Å². The van der Waals surface area contributed by atoms with Crippen LogP contribution in [0.15, 0.2) is 24.3 Å². The molecule has 3 rings (SSSR count). The molecule has 0 atom stereocenters. The molecule has 0 saturated heterocycles. The Morgan fingerprint density at radius 1 is 1.21 bits per heavy atom. The van der Waals surface area contributed by atoms with Gasteiger partial charge in [0.1, 0.15) is 11.5 Å². The van der Waals surface area contributed by atoms with Crippen LogP contribution in [0.1, 0.15) is 36.9 Å². The first-order valence-electron chi connectivity index (χ1n) is 9.47. The van der Waals surface area contributed by atoms with Crippen molar-refractivity contribution in [2.24, 2.45) is 11.7 Å². The molecule has 1 fully saturated rings. The van der Waals surface area contributed by atoms with Crippen LogP contribution in [0.25, 0.3) is 0 Å². The van der Waals surface area contributed by atoms with E-state index in [0.717, 1.165) is 25.7 Å². The first-order chi connectivity index (χ1) is 13.4. The molecule has 9 heteroatoms. The lowest BCUT2D eigenvalue weighted by Crippen LogP contribution is -2.27. The number of nitrogens with two attached hydrogens (primary N) is 2. The molecule has 1 aromatic carbocycles. The van der Waals surface area contributed by atoms with E-state index >= 15 is 0 Å². The number of nitro groups is 1. The van der Waals surface area contributed by atoms with E-state index in [2.05, 4.69) is 15.3 Å². The summed E-state index contributed by atoms with van der Waals surface area (Å²) >= 11 is 0. The summed E-state index contributed by atoms with van der Waals surface area (Å²) in [6.07, 6.45) is 4.55. The van der Waals surface area contributed by atoms with Crippen molar-refractivity contribution in [1.82, 2.24) is 9.97 Å². The van der Waals surface area contributed by atoms with E-state index in [0.29, 0.717) is 36.6 Å². The smallest absolute Gasteiger partial charge is 0.332 e. The summed E-state index contributed by atoms with van der Waals surface area (Å²) in [5.41, 5.74) is 12.5. The Hall–Kier alpha value is -2.81. The standard InChI is InChI=1S/C19H25FN6O2/c20-15-4-2-1-3-13(15)9-10-23-19-24-16(17(26(27)28)18(22)25-19)11-12-5-7-14(21)8-6-12/h1-4,12,14H,5-11,21H2,(H3,22,23,24,25)/t12-,14-. The fraction of sp³-hybridized carbons (Fsp3) is 0.474. The molecule has 1 heterocycles. The zero-order valence-electron chi connectivity index (χ0n) is 15.6. The monoisotopic (exact) mass is 388 g/mol. The van der Waals surface area contributed by atoms with Gasteiger partial charge in [-0.3, -0.25) is 10.1 Å². The second kappa shape index (κ2) is 8.92. The highest BCUT2D eigenvalue weighted by Gasteiger charge is 2.27. The zero-order valence-corrected chi connectivity index (χ0v) is 15.6. The minimum Gasteiger partial charge on any atom is -0.378 e. The summed E-state index contributed by atoms with van der Waals surface area (Å²) in [4.78, 5) is 19.3. The van der Waals surface area contributed by atoms with E-state index in [1.54, 1.807) is 18.2 Å². The van der Waals surface area contributed by atoms with Crippen LogP contribution in [0, 0.1) is 21.8 Å². The van der Waals surface area contributed by atoms with Crippen molar-refractivity contribution in [2.75, 3.05) is 17.6 Å². The van der Waals surface area contributed by atoms with Crippen LogP contribution in [0.3, 0.4) is 0 Å². The van der Waals surface area contributed by atoms with Crippen molar-refractivity contribution in [3.05, 3.63) is 51.5 Å². The topological polar surface area (TPSA) is 133 Å². The van der Waals surface area contributed by atoms with Crippen LogP contribution < -0.4 is 16.8 Å². The Kier molecular flexibility index (Phi) is 6.35. The van der Waals surface area contributed by atoms with Gasteiger partial charge in [0, 0.05) is 12.6 Å². The summed E-state index contributed by atoms with van der Waals surface area (Å²) in [5.74, 6) is 0.0848. The minimum absolute atomic E-state index is 0.157. The molecule has 0 spiro atoms. The molecule has 1 aliphatic rings. The van der Waals surface area contributed by atoms with E-state index in [1.807, 2.05) is 0 Å². The van der Waals surface area contributed by atoms with Gasteiger partial charge in [-0.15, -0.1) is 0 Å². The molecule has 1 saturated carbocycles. The molecule has 1 aromatic heterocycles. The lowest BCUT2D eigenvalue weighted by Gasteiger charge is -2.25. The molecule has 1 aliphatic carbocycles. The van der Waals surface area contributed by atoms with Crippen LogP contribution in [0.2, 0.25) is 0 Å². The number of hydrogen-bond donors (Lipinski definition) is 3. The maximum Gasteiger partial charge on any atom is 0.332 e. The number of benzene rings is 1. The number of halogens is 1. The third kappa shape index (κ3) is 4.92. The number of anilines is 2. The first-order valence-corrected chi connectivity index (χ1v) is 9.47. The van der Waals surface area contributed by atoms with Crippen LogP contribution in [-0.2, 0) is 12.8 Å². The third-order valence-corrected chi connectivity index (χ3v) is 5.17. The fourth-order valence-corrected chi connectivity index (χ4v) is 3.62. The Morgan fingerprint density at radius 2 is 1.93 bits per heavy atom.